The number of rotatable bonds is 5. The van der Waals surface area contributed by atoms with Crippen LogP contribution in [0.2, 0.25) is 0 Å². The summed E-state index contributed by atoms with van der Waals surface area (Å²) >= 11 is 0. The lowest BCUT2D eigenvalue weighted by Gasteiger charge is -2.37. The molecule has 4 aliphatic carbocycles. The largest absolute Gasteiger partial charge is 0.485 e. The second kappa shape index (κ2) is 6.64. The van der Waals surface area contributed by atoms with Crippen LogP contribution in [0.15, 0.2) is 60.7 Å². The molecule has 5 heteroatoms. The van der Waals surface area contributed by atoms with Crippen molar-refractivity contribution in [2.75, 3.05) is 11.5 Å². The fourth-order valence-corrected chi connectivity index (χ4v) is 5.87. The Morgan fingerprint density at radius 2 is 1.48 bits per heavy atom. The Hall–Kier alpha value is -3.21. The first-order valence-electron chi connectivity index (χ1n) is 10.9. The molecule has 156 valence electrons. The van der Waals surface area contributed by atoms with Crippen LogP contribution < -0.4 is 9.64 Å². The molecule has 2 aromatic rings. The number of nitrogens with zero attached hydrogens (tertiary/aromatic N) is 1. The first-order chi connectivity index (χ1) is 15.0. The van der Waals surface area contributed by atoms with Crippen molar-refractivity contribution in [3.8, 4) is 5.75 Å². The predicted octanol–water partition coefficient (Wildman–Crippen LogP) is 3.81. The van der Waals surface area contributed by atoms with E-state index in [1.165, 1.54) is 4.90 Å². The maximum Gasteiger partial charge on any atom is 0.238 e. The molecule has 2 aromatic carbocycles. The van der Waals surface area contributed by atoms with E-state index in [4.69, 9.17) is 4.74 Å². The van der Waals surface area contributed by atoms with Gasteiger partial charge in [-0.15, -0.1) is 0 Å². The van der Waals surface area contributed by atoms with Gasteiger partial charge in [-0.25, -0.2) is 0 Å². The third-order valence-corrected chi connectivity index (χ3v) is 7.50. The van der Waals surface area contributed by atoms with Gasteiger partial charge in [0.15, 0.2) is 12.4 Å². The number of aryl methyl sites for hydroxylation is 1. The number of Topliss-reactive ketones (excluding diaryl/α,β-unsaturated/α-hetero) is 1. The van der Waals surface area contributed by atoms with Crippen LogP contribution in [-0.4, -0.2) is 24.2 Å². The molecule has 2 amide bonds. The number of allylic oxidation sites excluding steroid dienone is 2. The number of hydrogen-bond acceptors (Lipinski definition) is 4. The molecular weight excluding hydrogens is 390 g/mol. The van der Waals surface area contributed by atoms with E-state index in [0.717, 1.165) is 12.0 Å². The zero-order valence-electron chi connectivity index (χ0n) is 17.2. The van der Waals surface area contributed by atoms with Crippen molar-refractivity contribution < 1.29 is 19.1 Å². The Bertz CT molecular complexity index is 1080. The molecule has 0 aromatic heterocycles. The minimum absolute atomic E-state index is 0.0636. The first-order valence-corrected chi connectivity index (χ1v) is 10.9. The van der Waals surface area contributed by atoms with Gasteiger partial charge in [0.1, 0.15) is 5.75 Å². The van der Waals surface area contributed by atoms with E-state index in [1.54, 1.807) is 36.4 Å². The van der Waals surface area contributed by atoms with Crippen molar-refractivity contribution >= 4 is 23.3 Å². The van der Waals surface area contributed by atoms with Crippen LogP contribution in [0.4, 0.5) is 5.69 Å². The zero-order chi connectivity index (χ0) is 21.3. The molecular formula is C26H23NO4. The van der Waals surface area contributed by atoms with Crippen LogP contribution in [0.5, 0.6) is 5.75 Å². The maximum atomic E-state index is 13.2. The summed E-state index contributed by atoms with van der Waals surface area (Å²) in [6.45, 7) is 1.91. The predicted molar refractivity (Wildman–Crippen MR) is 115 cm³/mol. The van der Waals surface area contributed by atoms with Crippen LogP contribution in [0, 0.1) is 42.4 Å². The Morgan fingerprint density at radius 3 is 2.06 bits per heavy atom. The highest BCUT2D eigenvalue weighted by Gasteiger charge is 2.67. The fourth-order valence-electron chi connectivity index (χ4n) is 5.87. The monoisotopic (exact) mass is 413 g/mol. The number of hydrogen-bond donors (Lipinski definition) is 0. The summed E-state index contributed by atoms with van der Waals surface area (Å²) in [6.07, 6.45) is 5.51. The van der Waals surface area contributed by atoms with Crippen LogP contribution >= 0.6 is 0 Å². The maximum absolute atomic E-state index is 13.2. The van der Waals surface area contributed by atoms with Gasteiger partial charge in [0, 0.05) is 5.56 Å². The number of imide groups is 1. The Kier molecular flexibility index (Phi) is 3.98. The Labute approximate surface area is 180 Å². The molecule has 1 aliphatic heterocycles. The minimum Gasteiger partial charge on any atom is -0.485 e. The summed E-state index contributed by atoms with van der Waals surface area (Å²) in [5.74, 6) is 1.52. The molecule has 5 nitrogen and oxygen atoms in total. The smallest absolute Gasteiger partial charge is 0.238 e. The van der Waals surface area contributed by atoms with Crippen molar-refractivity contribution in [3.05, 3.63) is 71.8 Å². The second-order valence-corrected chi connectivity index (χ2v) is 9.24. The highest BCUT2D eigenvalue weighted by atomic mass is 16.5. The van der Waals surface area contributed by atoms with E-state index < -0.39 is 0 Å². The lowest BCUT2D eigenvalue weighted by Crippen LogP contribution is -2.40. The molecule has 0 spiro atoms. The first kappa shape index (κ1) is 18.6. The highest BCUT2D eigenvalue weighted by molar-refractivity contribution is 6.22. The number of amides is 2. The molecule has 6 unspecified atom stereocenters. The summed E-state index contributed by atoms with van der Waals surface area (Å²) in [7, 11) is 0. The van der Waals surface area contributed by atoms with Crippen LogP contribution in [0.3, 0.4) is 0 Å². The minimum atomic E-state index is -0.200. The third kappa shape index (κ3) is 2.79. The van der Waals surface area contributed by atoms with E-state index in [9.17, 15) is 14.4 Å². The molecule has 0 N–H and O–H groups in total. The van der Waals surface area contributed by atoms with Crippen LogP contribution in [0.25, 0.3) is 0 Å². The average molecular weight is 413 g/mol. The quantitative estimate of drug-likeness (QED) is 0.425. The fraction of sp³-hybridized carbons (Fsp3) is 0.346. The van der Waals surface area contributed by atoms with Gasteiger partial charge in [-0.3, -0.25) is 19.3 Å². The summed E-state index contributed by atoms with van der Waals surface area (Å²) in [5, 5.41) is 0. The van der Waals surface area contributed by atoms with Gasteiger partial charge in [-0.1, -0.05) is 42.0 Å². The van der Waals surface area contributed by atoms with Crippen molar-refractivity contribution in [3.63, 3.8) is 0 Å². The van der Waals surface area contributed by atoms with Crippen LogP contribution in [0.1, 0.15) is 22.3 Å². The average Bonchev–Trinajstić information content (AvgIpc) is 3.56. The second-order valence-electron chi connectivity index (χ2n) is 9.24. The van der Waals surface area contributed by atoms with Crippen molar-refractivity contribution in [2.24, 2.45) is 35.5 Å². The lowest BCUT2D eigenvalue weighted by atomic mass is 9.63. The van der Waals surface area contributed by atoms with Crippen LogP contribution in [-0.2, 0) is 9.59 Å². The molecule has 2 bridgehead atoms. The van der Waals surface area contributed by atoms with Crippen molar-refractivity contribution in [2.45, 2.75) is 13.3 Å². The molecule has 5 aliphatic rings. The van der Waals surface area contributed by atoms with E-state index in [0.29, 0.717) is 28.8 Å². The number of carbonyl (C=O) groups is 3. The van der Waals surface area contributed by atoms with E-state index >= 15 is 0 Å². The molecule has 7 rings (SSSR count). The van der Waals surface area contributed by atoms with Gasteiger partial charge in [-0.05, 0) is 61.3 Å². The van der Waals surface area contributed by atoms with E-state index in [1.807, 2.05) is 19.1 Å². The van der Waals surface area contributed by atoms with E-state index in [2.05, 4.69) is 12.2 Å². The third-order valence-electron chi connectivity index (χ3n) is 7.50. The SMILES string of the molecule is Cc1ccc(C(=O)COc2ccc(N3C(=O)C4C5C=CC(C6CC56)C4C3=O)cc2)cc1. The molecule has 1 saturated heterocycles. The summed E-state index contributed by atoms with van der Waals surface area (Å²) in [4.78, 5) is 40.0. The molecule has 6 atom stereocenters. The Balaban J connectivity index is 1.16. The van der Waals surface area contributed by atoms with Gasteiger partial charge in [0.05, 0.1) is 17.5 Å². The summed E-state index contributed by atoms with van der Waals surface area (Å²) in [6, 6.07) is 14.3. The molecule has 3 fully saturated rings. The van der Waals surface area contributed by atoms with Crippen molar-refractivity contribution in [1.29, 1.82) is 0 Å². The normalized spacial score (nSPS) is 32.1. The topological polar surface area (TPSA) is 63.7 Å². The summed E-state index contributed by atoms with van der Waals surface area (Å²) < 4.78 is 5.63. The summed E-state index contributed by atoms with van der Waals surface area (Å²) in [5.41, 5.74) is 2.29. The number of ketones is 1. The molecule has 1 heterocycles. The molecule has 31 heavy (non-hydrogen) atoms. The molecule has 0 radical (unpaired) electrons. The highest BCUT2D eigenvalue weighted by Crippen LogP contribution is 2.65. The van der Waals surface area contributed by atoms with E-state index in [-0.39, 0.29) is 47.9 Å². The number of carbonyl (C=O) groups excluding carboxylic acids is 3. The van der Waals surface area contributed by atoms with Gasteiger partial charge in [0.25, 0.3) is 0 Å². The lowest BCUT2D eigenvalue weighted by molar-refractivity contribution is -0.124. The standard InChI is InChI=1S/C26H23NO4/c1-14-2-4-15(5-3-14)22(28)13-31-17-8-6-16(7-9-17)27-25(29)23-18-10-11-19(21-12-20(18)21)24(23)26(27)30/h2-11,18-21,23-24H,12-13H2,1H3. The van der Waals surface area contributed by atoms with Gasteiger partial charge in [0.2, 0.25) is 11.8 Å². The number of ether oxygens (including phenoxy) is 1. The van der Waals surface area contributed by atoms with Crippen molar-refractivity contribution in [1.82, 2.24) is 0 Å². The number of anilines is 1. The number of benzene rings is 2. The zero-order valence-corrected chi connectivity index (χ0v) is 17.2. The Morgan fingerprint density at radius 1 is 0.903 bits per heavy atom. The van der Waals surface area contributed by atoms with Gasteiger partial charge >= 0.3 is 0 Å². The molecule has 2 saturated carbocycles. The van der Waals surface area contributed by atoms with Gasteiger partial charge < -0.3 is 4.74 Å². The van der Waals surface area contributed by atoms with Gasteiger partial charge in [-0.2, -0.15) is 0 Å².